The van der Waals surface area contributed by atoms with E-state index in [1.54, 1.807) is 0 Å². The van der Waals surface area contributed by atoms with Crippen molar-refractivity contribution in [2.75, 3.05) is 0 Å². The molecule has 0 N–H and O–H groups in total. The van der Waals surface area contributed by atoms with Gasteiger partial charge in [-0.1, -0.05) is 262 Å². The molecule has 0 atom stereocenters. The van der Waals surface area contributed by atoms with Crippen LogP contribution in [0.1, 0.15) is 158 Å². The number of aliphatic imine (C=N–C) groups is 2. The molecule has 0 saturated carbocycles. The van der Waals surface area contributed by atoms with Gasteiger partial charge in [-0.2, -0.15) is 0 Å². The zero-order valence-corrected chi connectivity index (χ0v) is 42.0. The number of hydrogen-bond donors (Lipinski definition) is 0. The van der Waals surface area contributed by atoms with Crippen LogP contribution in [0.5, 0.6) is 0 Å². The highest BCUT2D eigenvalue weighted by atomic mass is 14.9. The van der Waals surface area contributed by atoms with Gasteiger partial charge in [0.2, 0.25) is 0 Å². The van der Waals surface area contributed by atoms with Gasteiger partial charge in [0, 0.05) is 28.3 Å². The summed E-state index contributed by atoms with van der Waals surface area (Å²) < 4.78 is 0. The molecule has 0 aromatic heterocycles. The van der Waals surface area contributed by atoms with Gasteiger partial charge < -0.3 is 0 Å². The van der Waals surface area contributed by atoms with Crippen LogP contribution in [0.4, 0.5) is 11.4 Å². The normalized spacial score (nSPS) is 13.7. The lowest BCUT2D eigenvalue weighted by atomic mass is 9.81. The minimum Gasteiger partial charge on any atom is -0.245 e. The molecule has 0 bridgehead atoms. The fourth-order valence-corrected chi connectivity index (χ4v) is 10.9. The van der Waals surface area contributed by atoms with Crippen molar-refractivity contribution >= 4 is 33.6 Å². The van der Waals surface area contributed by atoms with Gasteiger partial charge in [0.1, 0.15) is 0 Å². The van der Waals surface area contributed by atoms with Crippen LogP contribution in [0.15, 0.2) is 216 Å². The van der Waals surface area contributed by atoms with E-state index in [0.29, 0.717) is 0 Å². The minimum absolute atomic E-state index is 0.0763. The molecule has 2 heteroatoms. The third-order valence-corrected chi connectivity index (χ3v) is 14.4. The van der Waals surface area contributed by atoms with Gasteiger partial charge in [-0.3, -0.25) is 0 Å². The van der Waals surface area contributed by atoms with Gasteiger partial charge in [0.15, 0.2) is 0 Å². The first-order chi connectivity index (χ1) is 34.1. The Bertz CT molecular complexity index is 3030. The molecule has 70 heavy (non-hydrogen) atoms. The van der Waals surface area contributed by atoms with Gasteiger partial charge in [-0.25, -0.2) is 9.98 Å². The second kappa shape index (κ2) is 19.9. The maximum Gasteiger partial charge on any atom is 0.0979 e. The van der Waals surface area contributed by atoms with Gasteiger partial charge in [-0.05, 0) is 95.8 Å². The lowest BCUT2D eigenvalue weighted by Gasteiger charge is -2.25. The molecule has 9 aromatic rings. The Balaban J connectivity index is 1.25. The molecule has 0 saturated heterocycles. The van der Waals surface area contributed by atoms with E-state index in [-0.39, 0.29) is 35.5 Å². The van der Waals surface area contributed by atoms with E-state index in [9.17, 15) is 0 Å². The molecular weight excluding hydrogens is 845 g/mol. The predicted molar refractivity (Wildman–Crippen MR) is 299 cm³/mol. The molecule has 10 rings (SSSR count). The van der Waals surface area contributed by atoms with Crippen LogP contribution < -0.4 is 0 Å². The molecule has 0 radical (unpaired) electrons. The van der Waals surface area contributed by atoms with Crippen molar-refractivity contribution in [3.63, 3.8) is 0 Å². The van der Waals surface area contributed by atoms with E-state index in [1.165, 1.54) is 77.5 Å². The van der Waals surface area contributed by atoms with Crippen LogP contribution in [0.25, 0.3) is 21.9 Å². The minimum atomic E-state index is 0.0763. The van der Waals surface area contributed by atoms with Crippen LogP contribution in [-0.2, 0) is 0 Å². The van der Waals surface area contributed by atoms with Crippen LogP contribution in [-0.4, -0.2) is 11.4 Å². The standard InChI is InChI=1S/C68H64N2/c1-43(2)58-39-52(62(48-27-16-10-17-28-48)49-29-18-11-19-30-49)40-59(44(3)4)65(58)69-67-56-36-24-35-55-54(47-25-14-9-15-26-47)37-38-57(64(55)56)68(67)70-66-60(45(5)6)41-53(42-61(66)46(7)8)63(50-31-20-12-21-32-50)51-33-22-13-23-34-51/h9-46,62-63H,1-8H3. The maximum atomic E-state index is 6.03. The lowest BCUT2D eigenvalue weighted by Crippen LogP contribution is -2.13. The number of nitrogens with zero attached hydrogens (tertiary/aromatic N) is 2. The molecule has 0 aliphatic heterocycles. The lowest BCUT2D eigenvalue weighted by molar-refractivity contribution is 0.822. The van der Waals surface area contributed by atoms with E-state index in [2.05, 4.69) is 262 Å². The number of rotatable bonds is 13. The molecule has 9 aromatic carbocycles. The van der Waals surface area contributed by atoms with Crippen molar-refractivity contribution in [3.05, 3.63) is 273 Å². The quantitative estimate of drug-likeness (QED) is 0.103. The van der Waals surface area contributed by atoms with E-state index in [4.69, 9.17) is 9.98 Å². The molecule has 2 nitrogen and oxygen atoms in total. The van der Waals surface area contributed by atoms with Crippen molar-refractivity contribution < 1.29 is 0 Å². The first kappa shape index (κ1) is 46.3. The summed E-state index contributed by atoms with van der Waals surface area (Å²) in [5.41, 5.74) is 21.4. The van der Waals surface area contributed by atoms with Crippen molar-refractivity contribution in [1.29, 1.82) is 0 Å². The fraction of sp³-hybridized carbons (Fsp3) is 0.206. The van der Waals surface area contributed by atoms with E-state index < -0.39 is 0 Å². The van der Waals surface area contributed by atoms with Gasteiger partial charge >= 0.3 is 0 Å². The zero-order chi connectivity index (χ0) is 48.5. The van der Waals surface area contributed by atoms with E-state index >= 15 is 0 Å². The Hall–Kier alpha value is -7.42. The highest BCUT2D eigenvalue weighted by Gasteiger charge is 2.32. The van der Waals surface area contributed by atoms with Gasteiger partial charge in [-0.15, -0.1) is 0 Å². The third kappa shape index (κ3) is 8.88. The zero-order valence-electron chi connectivity index (χ0n) is 42.0. The van der Waals surface area contributed by atoms with Gasteiger partial charge in [0.25, 0.3) is 0 Å². The number of hydrogen-bond acceptors (Lipinski definition) is 2. The van der Waals surface area contributed by atoms with Crippen LogP contribution in [0, 0.1) is 0 Å². The van der Waals surface area contributed by atoms with Crippen molar-refractivity contribution in [1.82, 2.24) is 0 Å². The highest BCUT2D eigenvalue weighted by Crippen LogP contribution is 2.47. The fourth-order valence-electron chi connectivity index (χ4n) is 10.9. The largest absolute Gasteiger partial charge is 0.245 e. The topological polar surface area (TPSA) is 24.7 Å². The van der Waals surface area contributed by atoms with Crippen molar-refractivity contribution in [2.45, 2.75) is 90.9 Å². The van der Waals surface area contributed by atoms with Crippen LogP contribution in [0.3, 0.4) is 0 Å². The Labute approximate surface area is 416 Å². The van der Waals surface area contributed by atoms with Gasteiger partial charge in [0.05, 0.1) is 22.8 Å². The molecular formula is C68H64N2. The van der Waals surface area contributed by atoms with Crippen LogP contribution >= 0.6 is 0 Å². The second-order valence-electron chi connectivity index (χ2n) is 20.4. The average Bonchev–Trinajstić information content (AvgIpc) is 3.68. The summed E-state index contributed by atoms with van der Waals surface area (Å²) in [6.45, 7) is 18.6. The van der Waals surface area contributed by atoms with Crippen LogP contribution in [0.2, 0.25) is 0 Å². The summed E-state index contributed by atoms with van der Waals surface area (Å²) in [7, 11) is 0. The molecule has 1 aliphatic carbocycles. The molecule has 0 amide bonds. The summed E-state index contributed by atoms with van der Waals surface area (Å²) in [4.78, 5) is 12.1. The SMILES string of the molecule is CC(C)c1cc(C(c2ccccc2)c2ccccc2)cc(C(C)C)c1N=C1C(=Nc2c(C(C)C)cc(C(c3ccccc3)c3ccccc3)cc2C(C)C)c2ccc(-c3ccccc3)c3cccc1c23. The Morgan fingerprint density at radius 2 is 0.600 bits per heavy atom. The number of benzene rings is 9. The molecule has 0 fully saturated rings. The average molecular weight is 909 g/mol. The van der Waals surface area contributed by atoms with Crippen molar-refractivity contribution in [3.8, 4) is 11.1 Å². The summed E-state index contributed by atoms with van der Waals surface area (Å²) in [5.74, 6) is 0.999. The maximum absolute atomic E-state index is 6.03. The molecule has 0 spiro atoms. The summed E-state index contributed by atoms with van der Waals surface area (Å²) in [6.07, 6.45) is 0. The first-order valence-electron chi connectivity index (χ1n) is 25.4. The molecule has 346 valence electrons. The van der Waals surface area contributed by atoms with E-state index in [0.717, 1.165) is 33.9 Å². The third-order valence-electron chi connectivity index (χ3n) is 14.4. The molecule has 0 unspecified atom stereocenters. The van der Waals surface area contributed by atoms with Crippen molar-refractivity contribution in [2.24, 2.45) is 9.98 Å². The predicted octanol–water partition coefficient (Wildman–Crippen LogP) is 18.6. The summed E-state index contributed by atoms with van der Waals surface area (Å²) in [6, 6.07) is 75.9. The Morgan fingerprint density at radius 3 is 0.943 bits per heavy atom. The Morgan fingerprint density at radius 1 is 0.286 bits per heavy atom. The van der Waals surface area contributed by atoms with E-state index in [1.807, 2.05) is 0 Å². The summed E-state index contributed by atoms with van der Waals surface area (Å²) in [5, 5.41) is 2.43. The first-order valence-corrected chi connectivity index (χ1v) is 25.4. The second-order valence-corrected chi connectivity index (χ2v) is 20.4. The monoisotopic (exact) mass is 909 g/mol. The highest BCUT2D eigenvalue weighted by molar-refractivity contribution is 6.61. The summed E-state index contributed by atoms with van der Waals surface area (Å²) >= 11 is 0. The molecule has 1 aliphatic rings. The molecule has 0 heterocycles. The Kier molecular flexibility index (Phi) is 13.2. The smallest absolute Gasteiger partial charge is 0.0979 e.